The van der Waals surface area contributed by atoms with E-state index in [0.29, 0.717) is 32.1 Å². The number of carbonyl (C=O) groups is 2. The second kappa shape index (κ2) is 5.14. The molecule has 4 heteroatoms. The molecule has 0 bridgehead atoms. The Kier molecular flexibility index (Phi) is 4.10. The van der Waals surface area contributed by atoms with Crippen molar-refractivity contribution in [1.29, 1.82) is 0 Å². The monoisotopic (exact) mass is 226 g/mol. The molecule has 0 heterocycles. The van der Waals surface area contributed by atoms with Crippen molar-refractivity contribution in [2.45, 2.75) is 32.1 Å². The van der Waals surface area contributed by atoms with Crippen LogP contribution < -0.4 is 0 Å². The van der Waals surface area contributed by atoms with Crippen LogP contribution in [0.15, 0.2) is 12.7 Å². The molecule has 0 aromatic rings. The van der Waals surface area contributed by atoms with Gasteiger partial charge in [-0.2, -0.15) is 0 Å². The fraction of sp³-hybridized carbons (Fsp3) is 0.667. The number of carboxylic acid groups (broad SMARTS) is 1. The first-order valence-corrected chi connectivity index (χ1v) is 5.48. The molecule has 0 unspecified atom stereocenters. The number of rotatable bonds is 4. The van der Waals surface area contributed by atoms with Crippen molar-refractivity contribution in [3.8, 4) is 0 Å². The molecule has 0 amide bonds. The summed E-state index contributed by atoms with van der Waals surface area (Å²) in [4.78, 5) is 22.6. The van der Waals surface area contributed by atoms with Crippen LogP contribution in [0.3, 0.4) is 0 Å². The molecule has 0 aromatic carbocycles. The Morgan fingerprint density at radius 1 is 1.50 bits per heavy atom. The van der Waals surface area contributed by atoms with Gasteiger partial charge in [0.05, 0.1) is 18.4 Å². The number of esters is 1. The summed E-state index contributed by atoms with van der Waals surface area (Å²) < 4.78 is 4.81. The lowest BCUT2D eigenvalue weighted by Crippen LogP contribution is -2.37. The van der Waals surface area contributed by atoms with Crippen molar-refractivity contribution in [3.63, 3.8) is 0 Å². The van der Waals surface area contributed by atoms with Gasteiger partial charge < -0.3 is 9.84 Å². The molecule has 0 atom stereocenters. The Hall–Kier alpha value is -1.32. The van der Waals surface area contributed by atoms with E-state index >= 15 is 0 Å². The minimum atomic E-state index is -0.767. The summed E-state index contributed by atoms with van der Waals surface area (Å²) in [6.45, 7) is 3.65. The van der Waals surface area contributed by atoms with Crippen LogP contribution in [-0.2, 0) is 14.3 Å². The summed E-state index contributed by atoms with van der Waals surface area (Å²) in [6, 6.07) is 0. The quantitative estimate of drug-likeness (QED) is 0.588. The van der Waals surface area contributed by atoms with Crippen LogP contribution in [0.2, 0.25) is 0 Å². The number of hydrogen-bond acceptors (Lipinski definition) is 3. The van der Waals surface area contributed by atoms with Gasteiger partial charge >= 0.3 is 11.9 Å². The first kappa shape index (κ1) is 12.7. The third-order valence-electron chi connectivity index (χ3n) is 3.45. The smallest absolute Gasteiger partial charge is 0.312 e. The Balaban J connectivity index is 2.73. The van der Waals surface area contributed by atoms with Crippen molar-refractivity contribution in [3.05, 3.63) is 12.7 Å². The molecular formula is C12H18O4. The molecule has 0 aliphatic heterocycles. The van der Waals surface area contributed by atoms with Crippen molar-refractivity contribution >= 4 is 11.9 Å². The fourth-order valence-electron chi connectivity index (χ4n) is 2.40. The average Bonchev–Trinajstić information content (AvgIpc) is 2.29. The average molecular weight is 226 g/mol. The van der Waals surface area contributed by atoms with Crippen LogP contribution in [0.25, 0.3) is 0 Å². The van der Waals surface area contributed by atoms with E-state index in [9.17, 15) is 9.59 Å². The van der Waals surface area contributed by atoms with Crippen molar-refractivity contribution < 1.29 is 19.4 Å². The van der Waals surface area contributed by atoms with Gasteiger partial charge in [0.1, 0.15) is 0 Å². The molecule has 0 saturated heterocycles. The molecule has 1 fully saturated rings. The molecule has 0 spiro atoms. The van der Waals surface area contributed by atoms with Gasteiger partial charge in [-0.1, -0.05) is 6.08 Å². The number of hydrogen-bond donors (Lipinski definition) is 1. The Morgan fingerprint density at radius 3 is 2.44 bits per heavy atom. The number of carbonyl (C=O) groups excluding carboxylic acids is 1. The predicted octanol–water partition coefficient (Wildman–Crippen LogP) is 2.00. The largest absolute Gasteiger partial charge is 0.481 e. The third-order valence-corrected chi connectivity index (χ3v) is 3.45. The van der Waals surface area contributed by atoms with E-state index < -0.39 is 11.4 Å². The van der Waals surface area contributed by atoms with E-state index in [2.05, 4.69) is 6.58 Å². The highest BCUT2D eigenvalue weighted by Gasteiger charge is 2.43. The van der Waals surface area contributed by atoms with Gasteiger partial charge in [-0.15, -0.1) is 6.58 Å². The van der Waals surface area contributed by atoms with E-state index in [4.69, 9.17) is 9.84 Å². The lowest BCUT2D eigenvalue weighted by molar-refractivity contribution is -0.158. The SMILES string of the molecule is C=CCC1(C(=O)OC)CCC(C(=O)O)CC1. The fourth-order valence-corrected chi connectivity index (χ4v) is 2.40. The van der Waals surface area contributed by atoms with Gasteiger partial charge in [-0.05, 0) is 32.1 Å². The summed E-state index contributed by atoms with van der Waals surface area (Å²) in [5.41, 5.74) is -0.539. The molecule has 0 radical (unpaired) electrons. The maximum Gasteiger partial charge on any atom is 0.312 e. The number of ether oxygens (including phenoxy) is 1. The van der Waals surface area contributed by atoms with Crippen molar-refractivity contribution in [1.82, 2.24) is 0 Å². The van der Waals surface area contributed by atoms with E-state index in [-0.39, 0.29) is 11.9 Å². The van der Waals surface area contributed by atoms with Crippen LogP contribution >= 0.6 is 0 Å². The van der Waals surface area contributed by atoms with E-state index in [1.165, 1.54) is 7.11 Å². The summed E-state index contributed by atoms with van der Waals surface area (Å²) in [7, 11) is 1.37. The molecule has 1 aliphatic carbocycles. The van der Waals surface area contributed by atoms with Crippen LogP contribution in [-0.4, -0.2) is 24.2 Å². The van der Waals surface area contributed by atoms with Crippen LogP contribution in [0, 0.1) is 11.3 Å². The van der Waals surface area contributed by atoms with Crippen LogP contribution in [0.5, 0.6) is 0 Å². The normalized spacial score (nSPS) is 29.4. The zero-order chi connectivity index (χ0) is 12.2. The second-order valence-electron chi connectivity index (χ2n) is 4.38. The number of methoxy groups -OCH3 is 1. The van der Waals surface area contributed by atoms with Crippen LogP contribution in [0.4, 0.5) is 0 Å². The highest BCUT2D eigenvalue weighted by atomic mass is 16.5. The predicted molar refractivity (Wildman–Crippen MR) is 58.9 cm³/mol. The molecule has 4 nitrogen and oxygen atoms in total. The molecule has 1 rings (SSSR count). The maximum atomic E-state index is 11.7. The molecule has 90 valence electrons. The number of allylic oxidation sites excluding steroid dienone is 1. The summed E-state index contributed by atoms with van der Waals surface area (Å²) in [5, 5.41) is 8.90. The third kappa shape index (κ3) is 2.43. The maximum absolute atomic E-state index is 11.7. The van der Waals surface area contributed by atoms with Gasteiger partial charge in [-0.3, -0.25) is 9.59 Å². The van der Waals surface area contributed by atoms with Crippen LogP contribution in [0.1, 0.15) is 32.1 Å². The molecule has 0 aromatic heterocycles. The zero-order valence-electron chi connectivity index (χ0n) is 9.57. The minimum absolute atomic E-state index is 0.240. The van der Waals surface area contributed by atoms with Gasteiger partial charge in [-0.25, -0.2) is 0 Å². The molecular weight excluding hydrogens is 208 g/mol. The Morgan fingerprint density at radius 2 is 2.06 bits per heavy atom. The molecule has 1 N–H and O–H groups in total. The van der Waals surface area contributed by atoms with Gasteiger partial charge in [0.25, 0.3) is 0 Å². The zero-order valence-corrected chi connectivity index (χ0v) is 9.57. The lowest BCUT2D eigenvalue weighted by Gasteiger charge is -2.35. The number of aliphatic carboxylic acids is 1. The summed E-state index contributed by atoms with van der Waals surface area (Å²) in [6.07, 6.45) is 4.49. The first-order valence-electron chi connectivity index (χ1n) is 5.48. The first-order chi connectivity index (χ1) is 7.55. The molecule has 16 heavy (non-hydrogen) atoms. The van der Waals surface area contributed by atoms with Gasteiger partial charge in [0, 0.05) is 0 Å². The topological polar surface area (TPSA) is 63.6 Å². The summed E-state index contributed by atoms with van der Waals surface area (Å²) in [5.74, 6) is -1.32. The number of carboxylic acids is 1. The highest BCUT2D eigenvalue weighted by molar-refractivity contribution is 5.78. The Bertz CT molecular complexity index is 287. The van der Waals surface area contributed by atoms with Gasteiger partial charge in [0.2, 0.25) is 0 Å². The Labute approximate surface area is 95.3 Å². The minimum Gasteiger partial charge on any atom is -0.481 e. The molecule has 1 aliphatic rings. The highest BCUT2D eigenvalue weighted by Crippen LogP contribution is 2.42. The van der Waals surface area contributed by atoms with E-state index in [1.54, 1.807) is 6.08 Å². The van der Waals surface area contributed by atoms with E-state index in [1.807, 2.05) is 0 Å². The summed E-state index contributed by atoms with van der Waals surface area (Å²) >= 11 is 0. The van der Waals surface area contributed by atoms with Gasteiger partial charge in [0.15, 0.2) is 0 Å². The van der Waals surface area contributed by atoms with E-state index in [0.717, 1.165) is 0 Å². The lowest BCUT2D eigenvalue weighted by atomic mass is 9.68. The van der Waals surface area contributed by atoms with Crippen molar-refractivity contribution in [2.75, 3.05) is 7.11 Å². The standard InChI is InChI=1S/C12H18O4/c1-3-6-12(11(15)16-2)7-4-9(5-8-12)10(13)14/h3,9H,1,4-8H2,2H3,(H,13,14). The molecule has 1 saturated carbocycles. The van der Waals surface area contributed by atoms with Crippen molar-refractivity contribution in [2.24, 2.45) is 11.3 Å². The second-order valence-corrected chi connectivity index (χ2v) is 4.38.